The zero-order chi connectivity index (χ0) is 21.7. The molecule has 0 saturated heterocycles. The number of ketones is 1. The summed E-state index contributed by atoms with van der Waals surface area (Å²) < 4.78 is 17.9. The molecule has 1 aliphatic heterocycles. The molecule has 0 N–H and O–H groups in total. The van der Waals surface area contributed by atoms with Gasteiger partial charge in [-0.15, -0.1) is 0 Å². The first-order chi connectivity index (χ1) is 15.0. The van der Waals surface area contributed by atoms with Crippen molar-refractivity contribution in [2.75, 3.05) is 0 Å². The third kappa shape index (κ3) is 3.29. The topological polar surface area (TPSA) is 26.4 Å². The lowest BCUT2D eigenvalue weighted by atomic mass is 9.96. The molecular formula is C25H21Cl2FN2O. The van der Waals surface area contributed by atoms with Crippen LogP contribution in [-0.2, 0) is 13.0 Å². The third-order valence-corrected chi connectivity index (χ3v) is 6.81. The Morgan fingerprint density at radius 3 is 2.48 bits per heavy atom. The quantitative estimate of drug-likeness (QED) is 0.294. The first-order valence-electron chi connectivity index (χ1n) is 10.5. The molecule has 0 fully saturated rings. The summed E-state index contributed by atoms with van der Waals surface area (Å²) in [5.74, 6) is -0.216. The number of carbonyl (C=O) groups excluding carboxylic acids is 1. The SMILES string of the molecule is CCC(=O)c1c(-c2ccc(F)cc2)c2c3n(c(-c4ccc(Cl)c(Cl)c4)cn13)CCCC2. The molecule has 0 spiro atoms. The van der Waals surface area contributed by atoms with Crippen LogP contribution in [0.15, 0.2) is 48.7 Å². The van der Waals surface area contributed by atoms with E-state index in [0.29, 0.717) is 22.2 Å². The van der Waals surface area contributed by atoms with Gasteiger partial charge in [-0.05, 0) is 49.1 Å². The van der Waals surface area contributed by atoms with Crippen molar-refractivity contribution in [2.45, 2.75) is 39.2 Å². The van der Waals surface area contributed by atoms with Gasteiger partial charge in [0.1, 0.15) is 11.5 Å². The predicted octanol–water partition coefficient (Wildman–Crippen LogP) is 7.45. The van der Waals surface area contributed by atoms with Crippen LogP contribution in [0.4, 0.5) is 4.39 Å². The van der Waals surface area contributed by atoms with Gasteiger partial charge in [0.15, 0.2) is 5.78 Å². The van der Waals surface area contributed by atoms with Crippen molar-refractivity contribution >= 4 is 34.6 Å². The minimum Gasteiger partial charge on any atom is -0.325 e. The van der Waals surface area contributed by atoms with Crippen molar-refractivity contribution in [1.82, 2.24) is 8.97 Å². The highest BCUT2D eigenvalue weighted by Crippen LogP contribution is 2.40. The van der Waals surface area contributed by atoms with Gasteiger partial charge in [0.05, 0.1) is 21.4 Å². The lowest BCUT2D eigenvalue weighted by Gasteiger charge is -2.10. The maximum Gasteiger partial charge on any atom is 0.179 e. The summed E-state index contributed by atoms with van der Waals surface area (Å²) in [6.45, 7) is 2.73. The van der Waals surface area contributed by atoms with Gasteiger partial charge < -0.3 is 4.57 Å². The van der Waals surface area contributed by atoms with Gasteiger partial charge in [-0.25, -0.2) is 4.39 Å². The van der Waals surface area contributed by atoms with E-state index in [4.69, 9.17) is 23.2 Å². The summed E-state index contributed by atoms with van der Waals surface area (Å²) in [4.78, 5) is 13.1. The Morgan fingerprint density at radius 2 is 1.77 bits per heavy atom. The predicted molar refractivity (Wildman–Crippen MR) is 124 cm³/mol. The molecule has 1 aliphatic rings. The number of carbonyl (C=O) groups is 1. The lowest BCUT2D eigenvalue weighted by molar-refractivity contribution is 0.0983. The van der Waals surface area contributed by atoms with Gasteiger partial charge in [0.25, 0.3) is 0 Å². The highest BCUT2D eigenvalue weighted by Gasteiger charge is 2.28. The number of hydrogen-bond acceptors (Lipinski definition) is 1. The van der Waals surface area contributed by atoms with Gasteiger partial charge in [-0.1, -0.05) is 48.3 Å². The van der Waals surface area contributed by atoms with Crippen molar-refractivity contribution in [1.29, 1.82) is 0 Å². The fourth-order valence-electron chi connectivity index (χ4n) is 4.64. The fraction of sp³-hybridized carbons (Fsp3) is 0.240. The monoisotopic (exact) mass is 454 g/mol. The molecule has 0 amide bonds. The molecule has 5 rings (SSSR count). The van der Waals surface area contributed by atoms with E-state index in [1.807, 2.05) is 29.7 Å². The fourth-order valence-corrected chi connectivity index (χ4v) is 4.94. The average molecular weight is 455 g/mol. The highest BCUT2D eigenvalue weighted by atomic mass is 35.5. The van der Waals surface area contributed by atoms with Gasteiger partial charge in [0, 0.05) is 35.9 Å². The standard InChI is InChI=1S/C25H21Cl2FN2O/c1-2-22(31)24-23(15-6-9-17(28)10-7-15)18-5-3-4-12-29-21(14-30(24)25(18)29)16-8-11-19(26)20(27)13-16/h6-11,13-14H,2-5,12H2,1H3. The van der Waals surface area contributed by atoms with Crippen molar-refractivity contribution in [3.63, 3.8) is 0 Å². The van der Waals surface area contributed by atoms with Gasteiger partial charge in [-0.2, -0.15) is 0 Å². The minimum atomic E-state index is -0.284. The number of aryl methyl sites for hydroxylation is 2. The van der Waals surface area contributed by atoms with Crippen LogP contribution in [0.5, 0.6) is 0 Å². The van der Waals surface area contributed by atoms with Crippen LogP contribution in [-0.4, -0.2) is 14.8 Å². The van der Waals surface area contributed by atoms with Crippen LogP contribution in [0, 0.1) is 5.82 Å². The van der Waals surface area contributed by atoms with Crippen molar-refractivity contribution in [2.24, 2.45) is 0 Å². The van der Waals surface area contributed by atoms with Gasteiger partial charge >= 0.3 is 0 Å². The highest BCUT2D eigenvalue weighted by molar-refractivity contribution is 6.42. The molecule has 0 unspecified atom stereocenters. The van der Waals surface area contributed by atoms with Crippen LogP contribution in [0.3, 0.4) is 0 Å². The van der Waals surface area contributed by atoms with E-state index in [9.17, 15) is 9.18 Å². The Balaban J connectivity index is 1.84. The van der Waals surface area contributed by atoms with E-state index >= 15 is 0 Å². The molecule has 3 nitrogen and oxygen atoms in total. The number of Topliss-reactive ketones (excluding diaryl/α,β-unsaturated/α-hetero) is 1. The van der Waals surface area contributed by atoms with Crippen molar-refractivity contribution in [3.05, 3.63) is 75.8 Å². The van der Waals surface area contributed by atoms with Crippen LogP contribution < -0.4 is 0 Å². The zero-order valence-electron chi connectivity index (χ0n) is 17.1. The maximum absolute atomic E-state index is 13.6. The molecule has 3 heterocycles. The number of imidazole rings is 1. The summed E-state index contributed by atoms with van der Waals surface area (Å²) in [5.41, 5.74) is 6.62. The summed E-state index contributed by atoms with van der Waals surface area (Å²) in [5, 5.41) is 1.02. The molecular weight excluding hydrogens is 434 g/mol. The number of hydrogen-bond donors (Lipinski definition) is 0. The van der Waals surface area contributed by atoms with Crippen LogP contribution in [0.1, 0.15) is 42.2 Å². The minimum absolute atomic E-state index is 0.0685. The van der Waals surface area contributed by atoms with E-state index < -0.39 is 0 Å². The Bertz CT molecular complexity index is 1320. The summed E-state index contributed by atoms with van der Waals surface area (Å²) in [6.07, 6.45) is 5.36. The van der Waals surface area contributed by atoms with Crippen molar-refractivity contribution < 1.29 is 9.18 Å². The lowest BCUT2D eigenvalue weighted by Crippen LogP contribution is -2.03. The molecule has 158 valence electrons. The van der Waals surface area contributed by atoms with E-state index in [0.717, 1.165) is 59.4 Å². The number of rotatable bonds is 4. The summed E-state index contributed by atoms with van der Waals surface area (Å²) in [6, 6.07) is 12.1. The molecule has 0 radical (unpaired) electrons. The first-order valence-corrected chi connectivity index (χ1v) is 11.3. The van der Waals surface area contributed by atoms with Crippen LogP contribution in [0.25, 0.3) is 28.0 Å². The smallest absolute Gasteiger partial charge is 0.179 e. The van der Waals surface area contributed by atoms with E-state index in [1.54, 1.807) is 18.2 Å². The second-order valence-electron chi connectivity index (χ2n) is 7.93. The number of nitrogens with zero attached hydrogens (tertiary/aromatic N) is 2. The Labute approximate surface area is 190 Å². The molecule has 2 aromatic carbocycles. The van der Waals surface area contributed by atoms with E-state index in [2.05, 4.69) is 4.57 Å². The molecule has 0 aliphatic carbocycles. The average Bonchev–Trinajstić information content (AvgIpc) is 3.18. The third-order valence-electron chi connectivity index (χ3n) is 6.07. The number of halogens is 3. The van der Waals surface area contributed by atoms with Crippen LogP contribution in [0.2, 0.25) is 10.0 Å². The van der Waals surface area contributed by atoms with Gasteiger partial charge in [-0.3, -0.25) is 9.20 Å². The van der Waals surface area contributed by atoms with Gasteiger partial charge in [0.2, 0.25) is 0 Å². The number of aromatic nitrogens is 2. The largest absolute Gasteiger partial charge is 0.325 e. The molecule has 0 saturated carbocycles. The molecule has 0 atom stereocenters. The maximum atomic E-state index is 13.6. The Kier molecular flexibility index (Phi) is 5.15. The second kappa shape index (κ2) is 7.85. The summed E-state index contributed by atoms with van der Waals surface area (Å²) in [7, 11) is 0. The van der Waals surface area contributed by atoms with Crippen LogP contribution >= 0.6 is 23.2 Å². The molecule has 31 heavy (non-hydrogen) atoms. The normalized spacial score (nSPS) is 13.5. The first kappa shape index (κ1) is 20.3. The molecule has 2 aromatic heterocycles. The molecule has 6 heteroatoms. The molecule has 0 bridgehead atoms. The second-order valence-corrected chi connectivity index (χ2v) is 8.75. The van der Waals surface area contributed by atoms with E-state index in [1.165, 1.54) is 12.1 Å². The van der Waals surface area contributed by atoms with E-state index in [-0.39, 0.29) is 11.6 Å². The zero-order valence-corrected chi connectivity index (χ0v) is 18.6. The Hall–Kier alpha value is -2.56. The number of benzene rings is 2. The Morgan fingerprint density at radius 1 is 1.03 bits per heavy atom. The summed E-state index contributed by atoms with van der Waals surface area (Å²) >= 11 is 12.4. The van der Waals surface area contributed by atoms with Crippen molar-refractivity contribution in [3.8, 4) is 22.4 Å². The molecule has 4 aromatic rings.